The van der Waals surface area contributed by atoms with Gasteiger partial charge in [0.2, 0.25) is 0 Å². The molecule has 15 heavy (non-hydrogen) atoms. The van der Waals surface area contributed by atoms with Gasteiger partial charge in [0.25, 0.3) is 5.56 Å². The van der Waals surface area contributed by atoms with Crippen molar-refractivity contribution in [1.29, 1.82) is 0 Å². The summed E-state index contributed by atoms with van der Waals surface area (Å²) in [4.78, 5) is 23.2. The van der Waals surface area contributed by atoms with Crippen LogP contribution in [0.1, 0.15) is 28.9 Å². The predicted octanol–water partition coefficient (Wildman–Crippen LogP) is 1.55. The standard InChI is InChI=1S/C12H13NO2/c1-2-8-13-10-4-3-5-11(14)9(10)6-7-12(13)15/h2,6-7H,1,3-5,8H2. The molecule has 3 nitrogen and oxygen atoms in total. The average Bonchev–Trinajstić information content (AvgIpc) is 2.23. The summed E-state index contributed by atoms with van der Waals surface area (Å²) in [6, 6.07) is 3.12. The highest BCUT2D eigenvalue weighted by molar-refractivity contribution is 5.97. The second kappa shape index (κ2) is 3.85. The third-order valence-electron chi connectivity index (χ3n) is 2.72. The Morgan fingerprint density at radius 2 is 2.13 bits per heavy atom. The van der Waals surface area contributed by atoms with E-state index in [0.29, 0.717) is 18.5 Å². The van der Waals surface area contributed by atoms with Crippen LogP contribution in [0.3, 0.4) is 0 Å². The lowest BCUT2D eigenvalue weighted by molar-refractivity contribution is 0.0970. The molecule has 0 saturated heterocycles. The van der Waals surface area contributed by atoms with E-state index in [1.54, 1.807) is 16.7 Å². The largest absolute Gasteiger partial charge is 0.308 e. The smallest absolute Gasteiger partial charge is 0.251 e. The summed E-state index contributed by atoms with van der Waals surface area (Å²) < 4.78 is 1.64. The van der Waals surface area contributed by atoms with Gasteiger partial charge in [0.15, 0.2) is 5.78 Å². The number of carbonyl (C=O) groups is 1. The fraction of sp³-hybridized carbons (Fsp3) is 0.333. The van der Waals surface area contributed by atoms with Crippen molar-refractivity contribution in [3.05, 3.63) is 46.4 Å². The number of ketones is 1. The van der Waals surface area contributed by atoms with Crippen LogP contribution in [-0.4, -0.2) is 10.4 Å². The van der Waals surface area contributed by atoms with Gasteiger partial charge < -0.3 is 4.57 Å². The van der Waals surface area contributed by atoms with E-state index >= 15 is 0 Å². The number of pyridine rings is 1. The van der Waals surface area contributed by atoms with E-state index in [1.165, 1.54) is 6.07 Å². The summed E-state index contributed by atoms with van der Waals surface area (Å²) >= 11 is 0. The molecule has 0 aromatic carbocycles. The minimum Gasteiger partial charge on any atom is -0.308 e. The van der Waals surface area contributed by atoms with Crippen LogP contribution >= 0.6 is 0 Å². The third kappa shape index (κ3) is 1.65. The quantitative estimate of drug-likeness (QED) is 0.684. The van der Waals surface area contributed by atoms with Gasteiger partial charge in [-0.05, 0) is 18.9 Å². The van der Waals surface area contributed by atoms with Crippen LogP contribution in [0.25, 0.3) is 0 Å². The Morgan fingerprint density at radius 3 is 2.87 bits per heavy atom. The first-order valence-electron chi connectivity index (χ1n) is 5.11. The van der Waals surface area contributed by atoms with E-state index in [0.717, 1.165) is 18.5 Å². The van der Waals surface area contributed by atoms with Gasteiger partial charge in [0.05, 0.1) is 0 Å². The number of fused-ring (bicyclic) bond motifs is 1. The topological polar surface area (TPSA) is 39.1 Å². The van der Waals surface area contributed by atoms with Gasteiger partial charge in [0, 0.05) is 30.3 Å². The Kier molecular flexibility index (Phi) is 2.54. The maximum atomic E-state index is 11.6. The number of carbonyl (C=O) groups excluding carboxylic acids is 1. The van der Waals surface area contributed by atoms with Gasteiger partial charge in [-0.3, -0.25) is 9.59 Å². The van der Waals surface area contributed by atoms with Crippen molar-refractivity contribution in [2.75, 3.05) is 0 Å². The highest BCUT2D eigenvalue weighted by atomic mass is 16.1. The molecule has 0 aliphatic heterocycles. The van der Waals surface area contributed by atoms with Gasteiger partial charge in [-0.15, -0.1) is 6.58 Å². The number of allylic oxidation sites excluding steroid dienone is 1. The van der Waals surface area contributed by atoms with Crippen molar-refractivity contribution in [2.45, 2.75) is 25.8 Å². The minimum atomic E-state index is -0.0525. The normalized spacial score (nSPS) is 14.8. The maximum Gasteiger partial charge on any atom is 0.251 e. The number of nitrogens with zero attached hydrogens (tertiary/aromatic N) is 1. The summed E-state index contributed by atoms with van der Waals surface area (Å²) in [7, 11) is 0. The zero-order valence-electron chi connectivity index (χ0n) is 8.53. The van der Waals surface area contributed by atoms with Crippen molar-refractivity contribution < 1.29 is 4.79 Å². The number of Topliss-reactive ketones (excluding diaryl/α,β-unsaturated/α-hetero) is 1. The predicted molar refractivity (Wildman–Crippen MR) is 58.2 cm³/mol. The van der Waals surface area contributed by atoms with Crippen LogP contribution in [0.2, 0.25) is 0 Å². The zero-order chi connectivity index (χ0) is 10.8. The van der Waals surface area contributed by atoms with Crippen molar-refractivity contribution >= 4 is 5.78 Å². The van der Waals surface area contributed by atoms with Gasteiger partial charge in [-0.25, -0.2) is 0 Å². The molecule has 1 aromatic heterocycles. The first kappa shape index (κ1) is 9.90. The lowest BCUT2D eigenvalue weighted by Crippen LogP contribution is -2.27. The molecule has 0 bridgehead atoms. The molecule has 1 aromatic rings. The van der Waals surface area contributed by atoms with E-state index in [1.807, 2.05) is 0 Å². The van der Waals surface area contributed by atoms with Crippen LogP contribution in [0.15, 0.2) is 29.6 Å². The van der Waals surface area contributed by atoms with Gasteiger partial charge >= 0.3 is 0 Å². The van der Waals surface area contributed by atoms with Crippen molar-refractivity contribution in [2.24, 2.45) is 0 Å². The molecule has 0 saturated carbocycles. The van der Waals surface area contributed by atoms with Gasteiger partial charge in [-0.2, -0.15) is 0 Å². The molecule has 0 fully saturated rings. The molecular weight excluding hydrogens is 190 g/mol. The second-order valence-electron chi connectivity index (χ2n) is 3.71. The van der Waals surface area contributed by atoms with Crippen LogP contribution in [-0.2, 0) is 13.0 Å². The molecule has 78 valence electrons. The first-order chi connectivity index (χ1) is 7.24. The molecule has 0 atom stereocenters. The molecule has 1 heterocycles. The molecule has 2 rings (SSSR count). The number of hydrogen-bond donors (Lipinski definition) is 0. The maximum absolute atomic E-state index is 11.6. The molecular formula is C12H13NO2. The third-order valence-corrected chi connectivity index (χ3v) is 2.72. The number of hydrogen-bond acceptors (Lipinski definition) is 2. The van der Waals surface area contributed by atoms with E-state index < -0.39 is 0 Å². The van der Waals surface area contributed by atoms with Gasteiger partial charge in [-0.1, -0.05) is 6.08 Å². The molecule has 1 aliphatic carbocycles. The SMILES string of the molecule is C=CCn1c2c(ccc1=O)C(=O)CCC2. The number of rotatable bonds is 2. The Bertz CT molecular complexity index is 471. The Labute approximate surface area is 88.0 Å². The molecule has 0 amide bonds. The first-order valence-corrected chi connectivity index (χ1v) is 5.11. The molecule has 1 aliphatic rings. The van der Waals surface area contributed by atoms with Crippen molar-refractivity contribution in [1.82, 2.24) is 4.57 Å². The fourth-order valence-electron chi connectivity index (χ4n) is 2.02. The summed E-state index contributed by atoms with van der Waals surface area (Å²) in [5.41, 5.74) is 1.53. The Balaban J connectivity index is 2.62. The highest BCUT2D eigenvalue weighted by Gasteiger charge is 2.19. The monoisotopic (exact) mass is 203 g/mol. The van der Waals surface area contributed by atoms with E-state index in [2.05, 4.69) is 6.58 Å². The van der Waals surface area contributed by atoms with Crippen LogP contribution in [0.4, 0.5) is 0 Å². The van der Waals surface area contributed by atoms with Crippen LogP contribution in [0.5, 0.6) is 0 Å². The number of aromatic nitrogens is 1. The molecule has 0 radical (unpaired) electrons. The Hall–Kier alpha value is -1.64. The summed E-state index contributed by atoms with van der Waals surface area (Å²) in [6.07, 6.45) is 3.93. The summed E-state index contributed by atoms with van der Waals surface area (Å²) in [5, 5.41) is 0. The highest BCUT2D eigenvalue weighted by Crippen LogP contribution is 2.19. The molecule has 0 unspecified atom stereocenters. The van der Waals surface area contributed by atoms with Crippen molar-refractivity contribution in [3.8, 4) is 0 Å². The van der Waals surface area contributed by atoms with Crippen LogP contribution < -0.4 is 5.56 Å². The Morgan fingerprint density at radius 1 is 1.33 bits per heavy atom. The van der Waals surface area contributed by atoms with Gasteiger partial charge in [0.1, 0.15) is 0 Å². The molecule has 0 spiro atoms. The minimum absolute atomic E-state index is 0.0525. The lowest BCUT2D eigenvalue weighted by atomic mass is 9.94. The van der Waals surface area contributed by atoms with Crippen molar-refractivity contribution in [3.63, 3.8) is 0 Å². The zero-order valence-corrected chi connectivity index (χ0v) is 8.53. The van der Waals surface area contributed by atoms with E-state index in [9.17, 15) is 9.59 Å². The van der Waals surface area contributed by atoms with E-state index in [4.69, 9.17) is 0 Å². The summed E-state index contributed by atoms with van der Waals surface area (Å²) in [5.74, 6) is 0.147. The fourth-order valence-corrected chi connectivity index (χ4v) is 2.02. The lowest BCUT2D eigenvalue weighted by Gasteiger charge is -2.18. The van der Waals surface area contributed by atoms with E-state index in [-0.39, 0.29) is 11.3 Å². The van der Waals surface area contributed by atoms with Crippen LogP contribution in [0, 0.1) is 0 Å². The molecule has 3 heteroatoms. The summed E-state index contributed by atoms with van der Waals surface area (Å²) in [6.45, 7) is 4.10. The average molecular weight is 203 g/mol. The second-order valence-corrected chi connectivity index (χ2v) is 3.71. The molecule has 0 N–H and O–H groups in total.